The van der Waals surface area contributed by atoms with Crippen molar-refractivity contribution in [2.24, 2.45) is 0 Å². The van der Waals surface area contributed by atoms with Gasteiger partial charge in [0.15, 0.2) is 5.78 Å². The number of aryl methyl sites for hydroxylation is 2. The van der Waals surface area contributed by atoms with E-state index >= 15 is 0 Å². The SMILES string of the molecule is CCC(=O)Nc1ccccc1-c1nc2ccccc2n([C@H](C)C(=O)c2ccc(C)c(C)c2)c1=O. The number of anilines is 1. The van der Waals surface area contributed by atoms with Gasteiger partial charge < -0.3 is 5.32 Å². The summed E-state index contributed by atoms with van der Waals surface area (Å²) in [6, 6.07) is 19.2. The second kappa shape index (κ2) is 9.43. The third kappa shape index (κ3) is 4.27. The van der Waals surface area contributed by atoms with Crippen molar-refractivity contribution in [3.8, 4) is 11.3 Å². The lowest BCUT2D eigenvalue weighted by Crippen LogP contribution is -2.30. The molecule has 3 aromatic carbocycles. The van der Waals surface area contributed by atoms with E-state index < -0.39 is 6.04 Å². The van der Waals surface area contributed by atoms with Gasteiger partial charge >= 0.3 is 0 Å². The van der Waals surface area contributed by atoms with Crippen LogP contribution in [0.25, 0.3) is 22.3 Å². The first kappa shape index (κ1) is 23.1. The Bertz CT molecular complexity index is 1470. The van der Waals surface area contributed by atoms with Crippen LogP contribution in [0.15, 0.2) is 71.5 Å². The van der Waals surface area contributed by atoms with Crippen molar-refractivity contribution in [2.75, 3.05) is 5.32 Å². The van der Waals surface area contributed by atoms with Gasteiger partial charge in [-0.05, 0) is 56.2 Å². The molecule has 34 heavy (non-hydrogen) atoms. The highest BCUT2D eigenvalue weighted by molar-refractivity contribution is 6.00. The molecule has 6 heteroatoms. The highest BCUT2D eigenvalue weighted by atomic mass is 16.2. The Hall–Kier alpha value is -4.06. The van der Waals surface area contributed by atoms with Crippen molar-refractivity contribution in [2.45, 2.75) is 40.2 Å². The highest BCUT2D eigenvalue weighted by Gasteiger charge is 2.24. The zero-order chi connectivity index (χ0) is 24.4. The second-order valence-electron chi connectivity index (χ2n) is 8.41. The lowest BCUT2D eigenvalue weighted by molar-refractivity contribution is -0.115. The zero-order valence-electron chi connectivity index (χ0n) is 19.8. The maximum atomic E-state index is 13.8. The van der Waals surface area contributed by atoms with Crippen molar-refractivity contribution in [1.29, 1.82) is 0 Å². The van der Waals surface area contributed by atoms with E-state index in [4.69, 9.17) is 0 Å². The van der Waals surface area contributed by atoms with Crippen LogP contribution in [0.5, 0.6) is 0 Å². The number of carbonyl (C=O) groups excluding carboxylic acids is 2. The lowest BCUT2D eigenvalue weighted by Gasteiger charge is -2.19. The molecule has 1 amide bonds. The number of amides is 1. The van der Waals surface area contributed by atoms with Crippen LogP contribution in [0.2, 0.25) is 0 Å². The maximum Gasteiger partial charge on any atom is 0.278 e. The fourth-order valence-electron chi connectivity index (χ4n) is 4.00. The van der Waals surface area contributed by atoms with Gasteiger partial charge in [-0.1, -0.05) is 49.4 Å². The Morgan fingerprint density at radius 3 is 2.41 bits per heavy atom. The van der Waals surface area contributed by atoms with Crippen LogP contribution < -0.4 is 10.9 Å². The first-order valence-electron chi connectivity index (χ1n) is 11.3. The van der Waals surface area contributed by atoms with Crippen LogP contribution in [0.4, 0.5) is 5.69 Å². The normalized spacial score (nSPS) is 11.9. The predicted molar refractivity (Wildman–Crippen MR) is 135 cm³/mol. The van der Waals surface area contributed by atoms with Crippen molar-refractivity contribution >= 4 is 28.4 Å². The molecule has 0 aliphatic carbocycles. The fraction of sp³-hybridized carbons (Fsp3) is 0.214. The molecule has 0 saturated carbocycles. The van der Waals surface area contributed by atoms with Gasteiger partial charge in [0.05, 0.1) is 22.8 Å². The third-order valence-electron chi connectivity index (χ3n) is 6.13. The molecule has 1 heterocycles. The number of aromatic nitrogens is 2. The smallest absolute Gasteiger partial charge is 0.278 e. The Kier molecular flexibility index (Phi) is 6.41. The molecule has 6 nitrogen and oxygen atoms in total. The number of carbonyl (C=O) groups is 2. The average Bonchev–Trinajstić information content (AvgIpc) is 2.85. The van der Waals surface area contributed by atoms with Gasteiger partial charge in [-0.3, -0.25) is 19.0 Å². The van der Waals surface area contributed by atoms with E-state index in [-0.39, 0.29) is 22.9 Å². The molecule has 0 aliphatic rings. The van der Waals surface area contributed by atoms with Gasteiger partial charge in [0.1, 0.15) is 5.69 Å². The van der Waals surface area contributed by atoms with Crippen LogP contribution in [-0.2, 0) is 4.79 Å². The third-order valence-corrected chi connectivity index (χ3v) is 6.13. The highest BCUT2D eigenvalue weighted by Crippen LogP contribution is 2.27. The molecule has 1 aromatic heterocycles. The standard InChI is InChI=1S/C28H27N3O3/c1-5-25(32)29-22-11-7-6-10-21(22)26-28(34)31(24-13-9-8-12-23(24)30-26)19(4)27(33)20-15-14-17(2)18(3)16-20/h6-16,19H,5H2,1-4H3,(H,29,32)/t19-/m1/s1. The Balaban J connectivity index is 1.92. The van der Waals surface area contributed by atoms with E-state index in [0.717, 1.165) is 11.1 Å². The monoisotopic (exact) mass is 453 g/mol. The summed E-state index contributed by atoms with van der Waals surface area (Å²) >= 11 is 0. The molecule has 4 aromatic rings. The van der Waals surface area contributed by atoms with Gasteiger partial charge in [-0.2, -0.15) is 0 Å². The first-order valence-corrected chi connectivity index (χ1v) is 11.3. The number of nitrogens with zero attached hydrogens (tertiary/aromatic N) is 2. The molecule has 0 bridgehead atoms. The van der Waals surface area contributed by atoms with Gasteiger partial charge in [-0.15, -0.1) is 0 Å². The molecule has 1 N–H and O–H groups in total. The van der Waals surface area contributed by atoms with E-state index in [0.29, 0.717) is 34.3 Å². The summed E-state index contributed by atoms with van der Waals surface area (Å²) in [4.78, 5) is 44.0. The average molecular weight is 454 g/mol. The Morgan fingerprint density at radius 2 is 1.68 bits per heavy atom. The molecular weight excluding hydrogens is 426 g/mol. The van der Waals surface area contributed by atoms with E-state index in [1.807, 2.05) is 44.2 Å². The van der Waals surface area contributed by atoms with Crippen molar-refractivity contribution in [3.05, 3.63) is 93.8 Å². The fourth-order valence-corrected chi connectivity index (χ4v) is 4.00. The number of Topliss-reactive ketones (excluding diaryl/α,β-unsaturated/α-hetero) is 1. The molecule has 0 fully saturated rings. The number of para-hydroxylation sites is 3. The summed E-state index contributed by atoms with van der Waals surface area (Å²) in [5, 5.41) is 2.85. The van der Waals surface area contributed by atoms with Crippen LogP contribution in [0.3, 0.4) is 0 Å². The van der Waals surface area contributed by atoms with Crippen LogP contribution >= 0.6 is 0 Å². The molecule has 0 unspecified atom stereocenters. The maximum absolute atomic E-state index is 13.8. The zero-order valence-corrected chi connectivity index (χ0v) is 19.8. The summed E-state index contributed by atoms with van der Waals surface area (Å²) in [6.07, 6.45) is 0.311. The number of nitrogens with one attached hydrogen (secondary N) is 1. The minimum absolute atomic E-state index is 0.153. The summed E-state index contributed by atoms with van der Waals surface area (Å²) in [5.74, 6) is -0.313. The summed E-state index contributed by atoms with van der Waals surface area (Å²) in [6.45, 7) is 7.46. The van der Waals surface area contributed by atoms with Crippen molar-refractivity contribution < 1.29 is 9.59 Å². The predicted octanol–water partition coefficient (Wildman–Crippen LogP) is 5.47. The number of benzene rings is 3. The Labute approximate surface area is 198 Å². The Morgan fingerprint density at radius 1 is 0.971 bits per heavy atom. The van der Waals surface area contributed by atoms with Gasteiger partial charge in [0, 0.05) is 17.5 Å². The minimum Gasteiger partial charge on any atom is -0.325 e. The van der Waals surface area contributed by atoms with Gasteiger partial charge in [0.2, 0.25) is 5.91 Å². The topological polar surface area (TPSA) is 81.1 Å². The number of ketones is 1. The van der Waals surface area contributed by atoms with E-state index in [9.17, 15) is 14.4 Å². The van der Waals surface area contributed by atoms with Crippen LogP contribution in [-0.4, -0.2) is 21.2 Å². The van der Waals surface area contributed by atoms with E-state index in [2.05, 4.69) is 10.3 Å². The van der Waals surface area contributed by atoms with E-state index in [1.165, 1.54) is 4.57 Å². The summed E-state index contributed by atoms with van der Waals surface area (Å²) < 4.78 is 1.51. The van der Waals surface area contributed by atoms with Gasteiger partial charge in [0.25, 0.3) is 5.56 Å². The molecule has 172 valence electrons. The molecule has 0 aliphatic heterocycles. The molecule has 0 spiro atoms. The van der Waals surface area contributed by atoms with E-state index in [1.54, 1.807) is 50.2 Å². The molecular formula is C28H27N3O3. The van der Waals surface area contributed by atoms with Crippen LogP contribution in [0, 0.1) is 13.8 Å². The van der Waals surface area contributed by atoms with Crippen LogP contribution in [0.1, 0.15) is 47.8 Å². The molecule has 0 saturated heterocycles. The largest absolute Gasteiger partial charge is 0.325 e. The number of fused-ring (bicyclic) bond motifs is 1. The quantitative estimate of drug-likeness (QED) is 0.392. The number of rotatable bonds is 6. The van der Waals surface area contributed by atoms with Crippen molar-refractivity contribution in [1.82, 2.24) is 9.55 Å². The molecule has 1 atom stereocenters. The minimum atomic E-state index is -0.751. The second-order valence-corrected chi connectivity index (χ2v) is 8.41. The lowest BCUT2D eigenvalue weighted by atomic mass is 9.99. The van der Waals surface area contributed by atoms with Crippen molar-refractivity contribution in [3.63, 3.8) is 0 Å². The first-order chi connectivity index (χ1) is 16.3. The molecule has 4 rings (SSSR count). The van der Waals surface area contributed by atoms with Gasteiger partial charge in [-0.25, -0.2) is 4.98 Å². The summed E-state index contributed by atoms with van der Waals surface area (Å²) in [5.41, 5.74) is 4.67. The number of hydrogen-bond donors (Lipinski definition) is 1. The summed E-state index contributed by atoms with van der Waals surface area (Å²) in [7, 11) is 0. The number of hydrogen-bond acceptors (Lipinski definition) is 4. The molecule has 0 radical (unpaired) electrons.